The summed E-state index contributed by atoms with van der Waals surface area (Å²) in [6.07, 6.45) is 0. The Bertz CT molecular complexity index is 461. The number of rotatable bonds is 1. The lowest BCUT2D eigenvalue weighted by Crippen LogP contribution is -2.12. The molecule has 2 aromatic rings. The van der Waals surface area contributed by atoms with E-state index in [0.29, 0.717) is 0 Å². The fraction of sp³-hybridized carbons (Fsp3) is 0.250. The second kappa shape index (κ2) is 4.13. The Balaban J connectivity index is 2.58. The summed E-state index contributed by atoms with van der Waals surface area (Å²) in [6.45, 7) is 6.72. The molecule has 0 heterocycles. The summed E-state index contributed by atoms with van der Waals surface area (Å²) in [4.78, 5) is 0. The summed E-state index contributed by atoms with van der Waals surface area (Å²) in [6, 6.07) is 20.1. The summed E-state index contributed by atoms with van der Waals surface area (Å²) in [5, 5.41) is 0. The molecule has 0 heteroatoms. The van der Waals surface area contributed by atoms with E-state index in [0.717, 1.165) is 0 Å². The molecule has 0 saturated heterocycles. The number of hydrogen-bond donors (Lipinski definition) is 0. The minimum atomic E-state index is 0.156. The second-order valence-corrected chi connectivity index (χ2v) is 5.07. The zero-order valence-corrected chi connectivity index (χ0v) is 10.1. The van der Waals surface area contributed by atoms with Crippen LogP contribution in [0.4, 0.5) is 0 Å². The molecule has 0 aliphatic rings. The van der Waals surface area contributed by atoms with Crippen molar-refractivity contribution in [1.29, 1.82) is 0 Å². The van der Waals surface area contributed by atoms with E-state index in [1.54, 1.807) is 0 Å². The van der Waals surface area contributed by atoms with E-state index in [1.165, 1.54) is 16.7 Å². The summed E-state index contributed by atoms with van der Waals surface area (Å²) < 4.78 is 0. The van der Waals surface area contributed by atoms with Gasteiger partial charge in [-0.05, 0) is 28.2 Å². The highest BCUT2D eigenvalue weighted by molar-refractivity contribution is 5.67. The Morgan fingerprint density at radius 3 is 2.19 bits per heavy atom. The van der Waals surface area contributed by atoms with Crippen LogP contribution >= 0.6 is 0 Å². The Kier molecular flexibility index (Phi) is 2.82. The monoisotopic (exact) mass is 209 g/mol. The van der Waals surface area contributed by atoms with Crippen molar-refractivity contribution in [1.82, 2.24) is 0 Å². The molecule has 1 radical (unpaired) electrons. The van der Waals surface area contributed by atoms with Gasteiger partial charge in [0.1, 0.15) is 0 Å². The van der Waals surface area contributed by atoms with Gasteiger partial charge in [-0.2, -0.15) is 0 Å². The standard InChI is InChI=1S/C16H17/c1-16(2,3)15-12-8-7-11-14(15)13-9-5-4-6-10-13/h4-10,12H,1-3H3. The maximum atomic E-state index is 3.36. The van der Waals surface area contributed by atoms with Crippen LogP contribution in [0, 0.1) is 6.07 Å². The molecule has 0 amide bonds. The smallest absolute Gasteiger partial charge is 0.00677 e. The van der Waals surface area contributed by atoms with Gasteiger partial charge in [0.2, 0.25) is 0 Å². The SMILES string of the molecule is CC(C)(C)c1ccc[c]c1-c1ccccc1. The van der Waals surface area contributed by atoms with Gasteiger partial charge in [-0.3, -0.25) is 0 Å². The molecule has 0 nitrogen and oxygen atoms in total. The third kappa shape index (κ3) is 2.16. The fourth-order valence-electron chi connectivity index (χ4n) is 1.91. The summed E-state index contributed by atoms with van der Waals surface area (Å²) in [5.74, 6) is 0. The molecule has 0 aliphatic carbocycles. The van der Waals surface area contributed by atoms with E-state index in [2.05, 4.69) is 63.2 Å². The first-order valence-electron chi connectivity index (χ1n) is 5.65. The molecule has 0 aromatic heterocycles. The van der Waals surface area contributed by atoms with Crippen LogP contribution in [0.1, 0.15) is 26.3 Å². The van der Waals surface area contributed by atoms with Crippen molar-refractivity contribution in [3.8, 4) is 11.1 Å². The van der Waals surface area contributed by atoms with Crippen molar-refractivity contribution in [2.45, 2.75) is 26.2 Å². The van der Waals surface area contributed by atoms with Crippen LogP contribution in [-0.2, 0) is 5.41 Å². The molecular formula is C16H17. The molecule has 0 fully saturated rings. The first kappa shape index (κ1) is 10.9. The highest BCUT2D eigenvalue weighted by atomic mass is 14.2. The van der Waals surface area contributed by atoms with Gasteiger partial charge < -0.3 is 0 Å². The van der Waals surface area contributed by atoms with Crippen LogP contribution in [0.5, 0.6) is 0 Å². The molecule has 0 saturated carbocycles. The topological polar surface area (TPSA) is 0 Å². The van der Waals surface area contributed by atoms with Gasteiger partial charge >= 0.3 is 0 Å². The van der Waals surface area contributed by atoms with Crippen LogP contribution in [0.25, 0.3) is 11.1 Å². The molecule has 16 heavy (non-hydrogen) atoms. The average molecular weight is 209 g/mol. The minimum absolute atomic E-state index is 0.156. The third-order valence-corrected chi connectivity index (χ3v) is 2.73. The fourth-order valence-corrected chi connectivity index (χ4v) is 1.91. The average Bonchev–Trinajstić information content (AvgIpc) is 2.29. The molecule has 2 aromatic carbocycles. The van der Waals surface area contributed by atoms with Gasteiger partial charge in [-0.1, -0.05) is 69.3 Å². The lowest BCUT2D eigenvalue weighted by Gasteiger charge is -2.22. The van der Waals surface area contributed by atoms with Crippen LogP contribution in [-0.4, -0.2) is 0 Å². The predicted molar refractivity (Wildman–Crippen MR) is 69.4 cm³/mol. The van der Waals surface area contributed by atoms with Crippen LogP contribution in [0.15, 0.2) is 48.5 Å². The second-order valence-electron chi connectivity index (χ2n) is 5.07. The highest BCUT2D eigenvalue weighted by Gasteiger charge is 2.17. The van der Waals surface area contributed by atoms with Gasteiger partial charge in [0.25, 0.3) is 0 Å². The zero-order valence-electron chi connectivity index (χ0n) is 10.1. The Hall–Kier alpha value is -1.56. The number of hydrogen-bond acceptors (Lipinski definition) is 0. The predicted octanol–water partition coefficient (Wildman–Crippen LogP) is 4.45. The first-order valence-corrected chi connectivity index (χ1v) is 5.65. The van der Waals surface area contributed by atoms with Crippen LogP contribution in [0.3, 0.4) is 0 Å². The molecule has 81 valence electrons. The van der Waals surface area contributed by atoms with Crippen LogP contribution < -0.4 is 0 Å². The van der Waals surface area contributed by atoms with E-state index in [9.17, 15) is 0 Å². The maximum absolute atomic E-state index is 3.36. The maximum Gasteiger partial charge on any atom is -0.00677 e. The third-order valence-electron chi connectivity index (χ3n) is 2.73. The Labute approximate surface area is 97.9 Å². The lowest BCUT2D eigenvalue weighted by molar-refractivity contribution is 0.592. The van der Waals surface area contributed by atoms with Gasteiger partial charge in [-0.25, -0.2) is 0 Å². The zero-order chi connectivity index (χ0) is 11.6. The molecular weight excluding hydrogens is 192 g/mol. The van der Waals surface area contributed by atoms with Crippen molar-refractivity contribution in [2.24, 2.45) is 0 Å². The summed E-state index contributed by atoms with van der Waals surface area (Å²) >= 11 is 0. The number of benzene rings is 2. The molecule has 0 spiro atoms. The first-order chi connectivity index (χ1) is 7.59. The van der Waals surface area contributed by atoms with Crippen molar-refractivity contribution in [3.63, 3.8) is 0 Å². The minimum Gasteiger partial charge on any atom is -0.0622 e. The van der Waals surface area contributed by atoms with Crippen molar-refractivity contribution < 1.29 is 0 Å². The molecule has 0 aliphatic heterocycles. The van der Waals surface area contributed by atoms with Crippen molar-refractivity contribution in [3.05, 3.63) is 60.2 Å². The van der Waals surface area contributed by atoms with E-state index < -0.39 is 0 Å². The lowest BCUT2D eigenvalue weighted by atomic mass is 9.82. The molecule has 0 unspecified atom stereocenters. The largest absolute Gasteiger partial charge is 0.0622 e. The normalized spacial score (nSPS) is 11.4. The van der Waals surface area contributed by atoms with Gasteiger partial charge in [0.15, 0.2) is 0 Å². The van der Waals surface area contributed by atoms with Crippen molar-refractivity contribution >= 4 is 0 Å². The van der Waals surface area contributed by atoms with E-state index in [-0.39, 0.29) is 5.41 Å². The summed E-state index contributed by atoms with van der Waals surface area (Å²) in [5.41, 5.74) is 3.97. The molecule has 0 bridgehead atoms. The van der Waals surface area contributed by atoms with E-state index >= 15 is 0 Å². The Morgan fingerprint density at radius 2 is 1.56 bits per heavy atom. The molecule has 0 N–H and O–H groups in total. The van der Waals surface area contributed by atoms with E-state index in [4.69, 9.17) is 0 Å². The summed E-state index contributed by atoms with van der Waals surface area (Å²) in [7, 11) is 0. The molecule has 2 rings (SSSR count). The molecule has 0 atom stereocenters. The Morgan fingerprint density at radius 1 is 0.875 bits per heavy atom. The quantitative estimate of drug-likeness (QED) is 0.651. The van der Waals surface area contributed by atoms with Crippen molar-refractivity contribution in [2.75, 3.05) is 0 Å². The van der Waals surface area contributed by atoms with E-state index in [1.807, 2.05) is 12.1 Å². The highest BCUT2D eigenvalue weighted by Crippen LogP contribution is 2.32. The van der Waals surface area contributed by atoms with Crippen LogP contribution in [0.2, 0.25) is 0 Å². The van der Waals surface area contributed by atoms with Gasteiger partial charge in [0.05, 0.1) is 0 Å². The van der Waals surface area contributed by atoms with Gasteiger partial charge in [0, 0.05) is 0 Å². The van der Waals surface area contributed by atoms with Gasteiger partial charge in [-0.15, -0.1) is 0 Å².